The van der Waals surface area contributed by atoms with Crippen molar-refractivity contribution in [2.75, 3.05) is 18.5 Å². The second-order valence-corrected chi connectivity index (χ2v) is 5.18. The molecule has 4 nitrogen and oxygen atoms in total. The van der Waals surface area contributed by atoms with Crippen molar-refractivity contribution < 1.29 is 14.0 Å². The molecule has 1 aromatic rings. The van der Waals surface area contributed by atoms with Crippen LogP contribution in [-0.4, -0.2) is 25.4 Å². The lowest BCUT2D eigenvalue weighted by atomic mass is 10.0. The number of hydrogen-bond acceptors (Lipinski definition) is 2. The molecule has 1 saturated carbocycles. The summed E-state index contributed by atoms with van der Waals surface area (Å²) in [5.74, 6) is -0.771. The van der Waals surface area contributed by atoms with Crippen LogP contribution < -0.4 is 10.2 Å². The molecule has 1 aromatic carbocycles. The van der Waals surface area contributed by atoms with Crippen LogP contribution in [0.1, 0.15) is 26.2 Å². The molecule has 0 saturated heterocycles. The predicted octanol–water partition coefficient (Wildman–Crippen LogP) is 2.09. The van der Waals surface area contributed by atoms with Crippen molar-refractivity contribution >= 4 is 17.5 Å². The van der Waals surface area contributed by atoms with Gasteiger partial charge in [0.15, 0.2) is 0 Å². The van der Waals surface area contributed by atoms with E-state index in [4.69, 9.17) is 0 Å². The maximum absolute atomic E-state index is 12.9. The molecule has 0 aliphatic heterocycles. The number of benzene rings is 1. The van der Waals surface area contributed by atoms with Crippen molar-refractivity contribution in [1.29, 1.82) is 0 Å². The lowest BCUT2D eigenvalue weighted by Crippen LogP contribution is -2.44. The normalized spacial score (nSPS) is 15.6. The molecule has 20 heavy (non-hydrogen) atoms. The van der Waals surface area contributed by atoms with Crippen LogP contribution in [0.15, 0.2) is 24.3 Å². The Morgan fingerprint density at radius 1 is 1.30 bits per heavy atom. The molecule has 2 rings (SSSR count). The van der Waals surface area contributed by atoms with Crippen molar-refractivity contribution in [2.24, 2.45) is 5.41 Å². The zero-order valence-electron chi connectivity index (χ0n) is 11.8. The molecule has 5 heteroatoms. The van der Waals surface area contributed by atoms with Crippen LogP contribution in [0.4, 0.5) is 10.1 Å². The van der Waals surface area contributed by atoms with Crippen LogP contribution in [0.3, 0.4) is 0 Å². The monoisotopic (exact) mass is 278 g/mol. The van der Waals surface area contributed by atoms with Crippen LogP contribution >= 0.6 is 0 Å². The van der Waals surface area contributed by atoms with Gasteiger partial charge in [0.05, 0.1) is 0 Å². The number of hydrogen-bond donors (Lipinski definition) is 1. The van der Waals surface area contributed by atoms with Gasteiger partial charge in [-0.1, -0.05) is 6.92 Å². The minimum Gasteiger partial charge on any atom is -0.355 e. The molecule has 1 fully saturated rings. The predicted molar refractivity (Wildman–Crippen MR) is 74.8 cm³/mol. The van der Waals surface area contributed by atoms with Crippen molar-refractivity contribution in [3.8, 4) is 0 Å². The van der Waals surface area contributed by atoms with Gasteiger partial charge in [-0.2, -0.15) is 0 Å². The molecule has 0 spiro atoms. The second kappa shape index (κ2) is 5.61. The molecule has 1 N–H and O–H groups in total. The Hall–Kier alpha value is -1.91. The molecule has 0 heterocycles. The van der Waals surface area contributed by atoms with Crippen molar-refractivity contribution in [2.45, 2.75) is 26.2 Å². The number of rotatable bonds is 5. The van der Waals surface area contributed by atoms with E-state index in [1.54, 1.807) is 7.05 Å². The van der Waals surface area contributed by atoms with Gasteiger partial charge < -0.3 is 10.2 Å². The minimum atomic E-state index is -0.918. The lowest BCUT2D eigenvalue weighted by Gasteiger charge is -2.23. The van der Waals surface area contributed by atoms with Gasteiger partial charge in [-0.3, -0.25) is 9.59 Å². The molecule has 0 aromatic heterocycles. The molecule has 0 unspecified atom stereocenters. The highest BCUT2D eigenvalue weighted by Gasteiger charge is 2.57. The van der Waals surface area contributed by atoms with E-state index in [1.165, 1.54) is 29.2 Å². The van der Waals surface area contributed by atoms with Crippen LogP contribution in [0.2, 0.25) is 0 Å². The average molecular weight is 278 g/mol. The molecule has 0 atom stereocenters. The molecular weight excluding hydrogens is 259 g/mol. The van der Waals surface area contributed by atoms with E-state index < -0.39 is 5.41 Å². The third kappa shape index (κ3) is 2.66. The van der Waals surface area contributed by atoms with E-state index in [9.17, 15) is 14.0 Å². The smallest absolute Gasteiger partial charge is 0.242 e. The van der Waals surface area contributed by atoms with Crippen LogP contribution in [0.5, 0.6) is 0 Å². The highest BCUT2D eigenvalue weighted by Crippen LogP contribution is 2.47. The summed E-state index contributed by atoms with van der Waals surface area (Å²) in [6, 6.07) is 5.67. The number of carbonyl (C=O) groups is 2. The van der Waals surface area contributed by atoms with Gasteiger partial charge in [0.25, 0.3) is 0 Å². The third-order valence-corrected chi connectivity index (χ3v) is 3.65. The quantitative estimate of drug-likeness (QED) is 0.838. The second-order valence-electron chi connectivity index (χ2n) is 5.18. The van der Waals surface area contributed by atoms with Gasteiger partial charge in [-0.25, -0.2) is 4.39 Å². The Labute approximate surface area is 118 Å². The summed E-state index contributed by atoms with van der Waals surface area (Å²) in [5, 5.41) is 2.79. The topological polar surface area (TPSA) is 49.4 Å². The van der Waals surface area contributed by atoms with Crippen LogP contribution in [-0.2, 0) is 9.59 Å². The first-order valence-electron chi connectivity index (χ1n) is 6.83. The number of carbonyl (C=O) groups excluding carboxylic acids is 2. The summed E-state index contributed by atoms with van der Waals surface area (Å²) in [7, 11) is 1.61. The van der Waals surface area contributed by atoms with E-state index in [0.29, 0.717) is 25.1 Å². The first-order chi connectivity index (χ1) is 9.51. The maximum Gasteiger partial charge on any atom is 0.242 e. The molecule has 2 amide bonds. The number of nitrogens with zero attached hydrogens (tertiary/aromatic N) is 1. The minimum absolute atomic E-state index is 0.196. The Kier molecular flexibility index (Phi) is 4.06. The highest BCUT2D eigenvalue weighted by molar-refractivity contribution is 6.13. The largest absolute Gasteiger partial charge is 0.355 e. The van der Waals surface area contributed by atoms with Crippen molar-refractivity contribution in [3.63, 3.8) is 0 Å². The Morgan fingerprint density at radius 2 is 1.90 bits per heavy atom. The van der Waals surface area contributed by atoms with Crippen LogP contribution in [0, 0.1) is 11.2 Å². The zero-order valence-corrected chi connectivity index (χ0v) is 11.8. The number of amides is 2. The van der Waals surface area contributed by atoms with Gasteiger partial charge >= 0.3 is 0 Å². The van der Waals surface area contributed by atoms with E-state index in [0.717, 1.165) is 6.42 Å². The van der Waals surface area contributed by atoms with E-state index >= 15 is 0 Å². The molecule has 1 aliphatic carbocycles. The summed E-state index contributed by atoms with van der Waals surface area (Å²) in [6.45, 7) is 2.54. The van der Waals surface area contributed by atoms with E-state index in [1.807, 2.05) is 6.92 Å². The fourth-order valence-corrected chi connectivity index (χ4v) is 2.17. The summed E-state index contributed by atoms with van der Waals surface area (Å²) in [5.41, 5.74) is -0.329. The Balaban J connectivity index is 2.10. The van der Waals surface area contributed by atoms with Crippen LogP contribution in [0.25, 0.3) is 0 Å². The SMILES string of the molecule is CCCNC(=O)C1(C(=O)N(C)c2ccc(F)cc2)CC1. The fourth-order valence-electron chi connectivity index (χ4n) is 2.17. The maximum atomic E-state index is 12.9. The van der Waals surface area contributed by atoms with E-state index in [-0.39, 0.29) is 17.6 Å². The van der Waals surface area contributed by atoms with Gasteiger partial charge in [-0.05, 0) is 43.5 Å². The van der Waals surface area contributed by atoms with Gasteiger partial charge in [0.1, 0.15) is 11.2 Å². The van der Waals surface area contributed by atoms with Crippen molar-refractivity contribution in [3.05, 3.63) is 30.1 Å². The number of halogens is 1. The lowest BCUT2D eigenvalue weighted by molar-refractivity contribution is -0.135. The number of nitrogens with one attached hydrogen (secondary N) is 1. The molecule has 1 aliphatic rings. The standard InChI is InChI=1S/C15H19FN2O2/c1-3-10-17-13(19)15(8-9-15)14(20)18(2)12-6-4-11(16)5-7-12/h4-7H,3,8-10H2,1-2H3,(H,17,19). The first kappa shape index (κ1) is 14.5. The van der Waals surface area contributed by atoms with Gasteiger partial charge in [-0.15, -0.1) is 0 Å². The highest BCUT2D eigenvalue weighted by atomic mass is 19.1. The molecule has 108 valence electrons. The Bertz CT molecular complexity index is 509. The molecule has 0 radical (unpaired) electrons. The summed E-state index contributed by atoms with van der Waals surface area (Å²) < 4.78 is 12.9. The third-order valence-electron chi connectivity index (χ3n) is 3.65. The first-order valence-corrected chi connectivity index (χ1v) is 6.83. The fraction of sp³-hybridized carbons (Fsp3) is 0.467. The average Bonchev–Trinajstić information content (AvgIpc) is 3.25. The summed E-state index contributed by atoms with van der Waals surface area (Å²) in [6.07, 6.45) is 1.99. The number of anilines is 1. The van der Waals surface area contributed by atoms with Crippen molar-refractivity contribution in [1.82, 2.24) is 5.32 Å². The van der Waals surface area contributed by atoms with Gasteiger partial charge in [0.2, 0.25) is 11.8 Å². The molecule has 0 bridgehead atoms. The summed E-state index contributed by atoms with van der Waals surface area (Å²) >= 11 is 0. The van der Waals surface area contributed by atoms with Gasteiger partial charge in [0, 0.05) is 19.3 Å². The van der Waals surface area contributed by atoms with E-state index in [2.05, 4.69) is 5.32 Å². The Morgan fingerprint density at radius 3 is 2.40 bits per heavy atom. The molecular formula is C15H19FN2O2. The summed E-state index contributed by atoms with van der Waals surface area (Å²) in [4.78, 5) is 26.0. The zero-order chi connectivity index (χ0) is 14.8.